The number of rotatable bonds is 5. The Hall–Kier alpha value is -2.70. The number of carboxylic acids is 1. The minimum Gasteiger partial charge on any atom is -0.508 e. The molecule has 3 atom stereocenters. The van der Waals surface area contributed by atoms with Gasteiger partial charge in [-0.3, -0.25) is 14.9 Å². The number of carbonyl (C=O) groups is 2. The molecule has 0 saturated heterocycles. The molecule has 6 nitrogen and oxygen atoms in total. The third-order valence-corrected chi connectivity index (χ3v) is 5.21. The average molecular weight is 368 g/mol. The van der Waals surface area contributed by atoms with Gasteiger partial charge in [0.15, 0.2) is 5.78 Å². The third kappa shape index (κ3) is 3.86. The number of carbonyl (C=O) groups excluding carboxylic acids is 1. The average Bonchev–Trinajstić information content (AvgIpc) is 2.62. The molecule has 0 bridgehead atoms. The molecule has 1 heterocycles. The number of fused-ring (bicyclic) bond motifs is 1. The number of aromatic hydroxyl groups is 1. The molecule has 27 heavy (non-hydrogen) atoms. The quantitative estimate of drug-likeness (QED) is 0.640. The molecule has 0 saturated carbocycles. The number of phenolic OH excluding ortho intramolecular Hbond substituents is 1. The maximum absolute atomic E-state index is 13.1. The Morgan fingerprint density at radius 1 is 1.22 bits per heavy atom. The summed E-state index contributed by atoms with van der Waals surface area (Å²) in [7, 11) is 0. The Balaban J connectivity index is 1.87. The standard InChI is InChI=1S/C21H24N2O4/c1-11-7-14(24)8-12(2)16(11)10-17(22)20(25)19-15-6-4-3-5-13(15)9-18(23-19)21(26)27/h3-8,17-19,23-24H,9-10,22H2,1-2H3,(H,26,27)/t17-,18?,19?/m0/s1. The van der Waals surface area contributed by atoms with Gasteiger partial charge in [-0.15, -0.1) is 0 Å². The first kappa shape index (κ1) is 19.1. The van der Waals surface area contributed by atoms with Crippen LogP contribution in [-0.4, -0.2) is 34.0 Å². The number of benzene rings is 2. The van der Waals surface area contributed by atoms with Gasteiger partial charge in [0.05, 0.1) is 12.1 Å². The summed E-state index contributed by atoms with van der Waals surface area (Å²) in [4.78, 5) is 24.6. The summed E-state index contributed by atoms with van der Waals surface area (Å²) in [6, 6.07) is 8.31. The van der Waals surface area contributed by atoms with Gasteiger partial charge >= 0.3 is 5.97 Å². The lowest BCUT2D eigenvalue weighted by Crippen LogP contribution is -2.51. The lowest BCUT2D eigenvalue weighted by Gasteiger charge is -2.31. The van der Waals surface area contributed by atoms with E-state index in [9.17, 15) is 19.8 Å². The van der Waals surface area contributed by atoms with Crippen LogP contribution in [0.5, 0.6) is 5.75 Å². The highest BCUT2D eigenvalue weighted by molar-refractivity contribution is 5.92. The van der Waals surface area contributed by atoms with E-state index < -0.39 is 24.1 Å². The molecule has 1 aliphatic rings. The number of Topliss-reactive ketones (excluding diaryl/α,β-unsaturated/α-hetero) is 1. The Kier molecular flexibility index (Phi) is 5.30. The lowest BCUT2D eigenvalue weighted by molar-refractivity contribution is -0.140. The number of nitrogens with one attached hydrogen (secondary N) is 1. The van der Waals surface area contributed by atoms with E-state index >= 15 is 0 Å². The summed E-state index contributed by atoms with van der Waals surface area (Å²) in [5.41, 5.74) is 10.5. The van der Waals surface area contributed by atoms with Crippen molar-refractivity contribution in [2.75, 3.05) is 0 Å². The maximum atomic E-state index is 13.1. The van der Waals surface area contributed by atoms with E-state index in [2.05, 4.69) is 5.32 Å². The summed E-state index contributed by atoms with van der Waals surface area (Å²) >= 11 is 0. The molecule has 3 rings (SSSR count). The predicted molar refractivity (Wildman–Crippen MR) is 102 cm³/mol. The van der Waals surface area contributed by atoms with Crippen LogP contribution in [0.1, 0.15) is 33.9 Å². The van der Waals surface area contributed by atoms with Crippen molar-refractivity contribution in [2.45, 2.75) is 44.8 Å². The van der Waals surface area contributed by atoms with Crippen molar-refractivity contribution in [1.29, 1.82) is 0 Å². The van der Waals surface area contributed by atoms with Crippen LogP contribution in [0.2, 0.25) is 0 Å². The number of hydrogen-bond acceptors (Lipinski definition) is 5. The van der Waals surface area contributed by atoms with Gasteiger partial charge in [0, 0.05) is 0 Å². The van der Waals surface area contributed by atoms with E-state index in [-0.39, 0.29) is 11.5 Å². The van der Waals surface area contributed by atoms with Crippen molar-refractivity contribution in [2.24, 2.45) is 5.73 Å². The molecule has 142 valence electrons. The number of nitrogens with two attached hydrogens (primary N) is 1. The molecule has 0 spiro atoms. The molecular formula is C21H24N2O4. The van der Waals surface area contributed by atoms with Crippen LogP contribution >= 0.6 is 0 Å². The highest BCUT2D eigenvalue weighted by atomic mass is 16.4. The Morgan fingerprint density at radius 2 is 1.85 bits per heavy atom. The number of ketones is 1. The smallest absolute Gasteiger partial charge is 0.321 e. The summed E-state index contributed by atoms with van der Waals surface area (Å²) in [6.07, 6.45) is 0.662. The van der Waals surface area contributed by atoms with Crippen LogP contribution in [0.25, 0.3) is 0 Å². The van der Waals surface area contributed by atoms with Gasteiger partial charge in [0.25, 0.3) is 0 Å². The number of aryl methyl sites for hydroxylation is 2. The van der Waals surface area contributed by atoms with Crippen molar-refractivity contribution in [3.63, 3.8) is 0 Å². The van der Waals surface area contributed by atoms with E-state index in [1.54, 1.807) is 12.1 Å². The molecule has 0 amide bonds. The van der Waals surface area contributed by atoms with Crippen molar-refractivity contribution >= 4 is 11.8 Å². The second kappa shape index (κ2) is 7.50. The number of hydrogen-bond donors (Lipinski definition) is 4. The SMILES string of the molecule is Cc1cc(O)cc(C)c1C[C@H](N)C(=O)C1NC(C(=O)O)Cc2ccccc21. The van der Waals surface area contributed by atoms with Gasteiger partial charge in [-0.05, 0) is 66.6 Å². The third-order valence-electron chi connectivity index (χ3n) is 5.21. The Bertz CT molecular complexity index is 870. The topological polar surface area (TPSA) is 113 Å². The molecular weight excluding hydrogens is 344 g/mol. The van der Waals surface area contributed by atoms with E-state index in [0.717, 1.165) is 27.8 Å². The van der Waals surface area contributed by atoms with Gasteiger partial charge in [-0.1, -0.05) is 24.3 Å². The van der Waals surface area contributed by atoms with Gasteiger partial charge in [-0.25, -0.2) is 0 Å². The van der Waals surface area contributed by atoms with E-state index in [4.69, 9.17) is 5.73 Å². The number of aliphatic carboxylic acids is 1. The summed E-state index contributed by atoms with van der Waals surface area (Å²) in [5.74, 6) is -1.04. The molecule has 0 aromatic heterocycles. The fraction of sp³-hybridized carbons (Fsp3) is 0.333. The van der Waals surface area contributed by atoms with Gasteiger partial charge in [0.1, 0.15) is 11.8 Å². The fourth-order valence-electron chi connectivity index (χ4n) is 3.79. The van der Waals surface area contributed by atoms with Crippen LogP contribution in [0.3, 0.4) is 0 Å². The first-order chi connectivity index (χ1) is 12.8. The van der Waals surface area contributed by atoms with Crippen molar-refractivity contribution in [1.82, 2.24) is 5.32 Å². The zero-order valence-corrected chi connectivity index (χ0v) is 15.4. The fourth-order valence-corrected chi connectivity index (χ4v) is 3.79. The monoisotopic (exact) mass is 368 g/mol. The second-order valence-corrected chi connectivity index (χ2v) is 7.16. The first-order valence-corrected chi connectivity index (χ1v) is 8.93. The van der Waals surface area contributed by atoms with Gasteiger partial charge in [0.2, 0.25) is 0 Å². The van der Waals surface area contributed by atoms with Crippen LogP contribution in [-0.2, 0) is 22.4 Å². The Morgan fingerprint density at radius 3 is 2.48 bits per heavy atom. The molecule has 6 heteroatoms. The largest absolute Gasteiger partial charge is 0.508 e. The van der Waals surface area contributed by atoms with E-state index in [1.165, 1.54) is 0 Å². The van der Waals surface area contributed by atoms with Crippen LogP contribution in [0.4, 0.5) is 0 Å². The summed E-state index contributed by atoms with van der Waals surface area (Å²) in [6.45, 7) is 3.74. The Labute approximate surface area is 158 Å². The van der Waals surface area contributed by atoms with E-state index in [1.807, 2.05) is 38.1 Å². The maximum Gasteiger partial charge on any atom is 0.321 e. The molecule has 2 aromatic rings. The minimum atomic E-state index is -0.985. The predicted octanol–water partition coefficient (Wildman–Crippen LogP) is 1.79. The van der Waals surface area contributed by atoms with Crippen LogP contribution < -0.4 is 11.1 Å². The molecule has 2 unspecified atom stereocenters. The lowest BCUT2D eigenvalue weighted by atomic mass is 9.84. The summed E-state index contributed by atoms with van der Waals surface area (Å²) < 4.78 is 0. The highest BCUT2D eigenvalue weighted by Crippen LogP contribution is 2.28. The highest BCUT2D eigenvalue weighted by Gasteiger charge is 2.36. The van der Waals surface area contributed by atoms with Crippen LogP contribution in [0, 0.1) is 13.8 Å². The van der Waals surface area contributed by atoms with E-state index in [0.29, 0.717) is 12.8 Å². The minimum absolute atomic E-state index is 0.181. The number of carboxylic acid groups (broad SMARTS) is 1. The normalized spacial score (nSPS) is 20.0. The van der Waals surface area contributed by atoms with Gasteiger partial charge < -0.3 is 15.9 Å². The van der Waals surface area contributed by atoms with Crippen molar-refractivity contribution in [3.8, 4) is 5.75 Å². The van der Waals surface area contributed by atoms with Gasteiger partial charge in [-0.2, -0.15) is 0 Å². The first-order valence-electron chi connectivity index (χ1n) is 8.93. The number of phenols is 1. The van der Waals surface area contributed by atoms with Crippen molar-refractivity contribution in [3.05, 3.63) is 64.2 Å². The van der Waals surface area contributed by atoms with Crippen molar-refractivity contribution < 1.29 is 19.8 Å². The molecule has 0 aliphatic carbocycles. The molecule has 0 fully saturated rings. The molecule has 0 radical (unpaired) electrons. The molecule has 5 N–H and O–H groups in total. The summed E-state index contributed by atoms with van der Waals surface area (Å²) in [5, 5.41) is 22.0. The zero-order valence-electron chi connectivity index (χ0n) is 15.4. The molecule has 2 aromatic carbocycles. The zero-order chi connectivity index (χ0) is 19.7. The van der Waals surface area contributed by atoms with Crippen LogP contribution in [0.15, 0.2) is 36.4 Å². The molecule has 1 aliphatic heterocycles. The second-order valence-electron chi connectivity index (χ2n) is 7.16.